The zero-order valence-electron chi connectivity index (χ0n) is 13.4. The molecule has 1 aliphatic carbocycles. The van der Waals surface area contributed by atoms with Crippen molar-refractivity contribution in [3.05, 3.63) is 48.0 Å². The van der Waals surface area contributed by atoms with E-state index < -0.39 is 0 Å². The second kappa shape index (κ2) is 6.58. The zero-order valence-corrected chi connectivity index (χ0v) is 13.4. The molecule has 2 atom stereocenters. The number of nitrogens with zero attached hydrogens (tertiary/aromatic N) is 1. The van der Waals surface area contributed by atoms with Gasteiger partial charge in [-0.1, -0.05) is 44.2 Å². The molecule has 0 amide bonds. The summed E-state index contributed by atoms with van der Waals surface area (Å²) in [6, 6.07) is 9.00. The lowest BCUT2D eigenvalue weighted by Crippen LogP contribution is -2.47. The van der Waals surface area contributed by atoms with Crippen molar-refractivity contribution >= 4 is 0 Å². The third-order valence-electron chi connectivity index (χ3n) is 5.12. The molecule has 2 aliphatic rings. The molecule has 20 heavy (non-hydrogen) atoms. The minimum absolute atomic E-state index is 0.375. The van der Waals surface area contributed by atoms with Crippen LogP contribution in [0.2, 0.25) is 0 Å². The van der Waals surface area contributed by atoms with Gasteiger partial charge in [-0.15, -0.1) is 6.58 Å². The monoisotopic (exact) mass is 271 g/mol. The summed E-state index contributed by atoms with van der Waals surface area (Å²) in [6.07, 6.45) is 6.97. The van der Waals surface area contributed by atoms with Crippen molar-refractivity contribution in [1.82, 2.24) is 4.90 Å². The highest BCUT2D eigenvalue weighted by molar-refractivity contribution is 5.40. The maximum Gasteiger partial charge on any atom is 0.0287 e. The highest BCUT2D eigenvalue weighted by atomic mass is 15.2. The van der Waals surface area contributed by atoms with Crippen LogP contribution in [0.5, 0.6) is 0 Å². The number of benzene rings is 1. The third-order valence-corrected chi connectivity index (χ3v) is 5.12. The lowest BCUT2D eigenvalue weighted by molar-refractivity contribution is 0.122. The van der Waals surface area contributed by atoms with Crippen LogP contribution in [0.1, 0.15) is 57.1 Å². The molecule has 1 saturated heterocycles. The quantitative estimate of drug-likeness (QED) is 0.699. The molecule has 1 heteroatoms. The van der Waals surface area contributed by atoms with Gasteiger partial charge in [0.05, 0.1) is 0 Å². The van der Waals surface area contributed by atoms with Crippen molar-refractivity contribution in [2.24, 2.45) is 0 Å². The standard InChI is InChI=1S/C15H21N.C4H8/c1-12-14-8-4-3-7-13(14)11-15(12,2)16-9-5-6-10-16;1-3-4-2/h3-4,7-8,12H,5-6,9-11H2,1-2H3;3H,1,4H2,2H3/t12-,15-;/m1./s1. The summed E-state index contributed by atoms with van der Waals surface area (Å²) in [5, 5.41) is 0. The third kappa shape index (κ3) is 2.83. The molecule has 0 saturated carbocycles. The second-order valence-corrected chi connectivity index (χ2v) is 6.35. The maximum atomic E-state index is 3.48. The van der Waals surface area contributed by atoms with Crippen LogP contribution >= 0.6 is 0 Å². The minimum Gasteiger partial charge on any atom is -0.297 e. The molecule has 0 aromatic heterocycles. The Morgan fingerprint density at radius 3 is 2.45 bits per heavy atom. The first-order valence-corrected chi connectivity index (χ1v) is 8.07. The lowest BCUT2D eigenvalue weighted by atomic mass is 9.86. The zero-order chi connectivity index (χ0) is 14.6. The molecule has 1 fully saturated rings. The van der Waals surface area contributed by atoms with E-state index in [0.717, 1.165) is 6.42 Å². The van der Waals surface area contributed by atoms with Gasteiger partial charge in [-0.25, -0.2) is 0 Å². The van der Waals surface area contributed by atoms with Crippen LogP contribution in [0.15, 0.2) is 36.9 Å². The van der Waals surface area contributed by atoms with E-state index in [-0.39, 0.29) is 0 Å². The molecular formula is C19H29N. The molecule has 1 aromatic rings. The van der Waals surface area contributed by atoms with Crippen LogP contribution in [0.25, 0.3) is 0 Å². The highest BCUT2D eigenvalue weighted by Crippen LogP contribution is 2.45. The molecule has 0 radical (unpaired) electrons. The van der Waals surface area contributed by atoms with E-state index >= 15 is 0 Å². The van der Waals surface area contributed by atoms with Crippen molar-refractivity contribution in [2.45, 2.75) is 57.9 Å². The summed E-state index contributed by atoms with van der Waals surface area (Å²) < 4.78 is 0. The number of rotatable bonds is 2. The van der Waals surface area contributed by atoms with Gasteiger partial charge in [0.25, 0.3) is 0 Å². The first-order chi connectivity index (χ1) is 9.63. The molecule has 1 nitrogen and oxygen atoms in total. The molecule has 0 bridgehead atoms. The summed E-state index contributed by atoms with van der Waals surface area (Å²) in [5.41, 5.74) is 3.53. The Hall–Kier alpha value is -1.08. The predicted molar refractivity (Wildman–Crippen MR) is 88.3 cm³/mol. The molecular weight excluding hydrogens is 242 g/mol. The number of hydrogen-bond acceptors (Lipinski definition) is 1. The average molecular weight is 271 g/mol. The van der Waals surface area contributed by atoms with Gasteiger partial charge >= 0.3 is 0 Å². The smallest absolute Gasteiger partial charge is 0.0287 e. The molecule has 0 N–H and O–H groups in total. The van der Waals surface area contributed by atoms with Crippen LogP contribution in [0.3, 0.4) is 0 Å². The number of allylic oxidation sites excluding steroid dienone is 1. The van der Waals surface area contributed by atoms with Gasteiger partial charge < -0.3 is 0 Å². The maximum absolute atomic E-state index is 3.48. The van der Waals surface area contributed by atoms with Gasteiger partial charge in [-0.3, -0.25) is 4.90 Å². The Morgan fingerprint density at radius 1 is 1.30 bits per heavy atom. The van der Waals surface area contributed by atoms with Crippen LogP contribution in [-0.4, -0.2) is 23.5 Å². The number of hydrogen-bond donors (Lipinski definition) is 0. The second-order valence-electron chi connectivity index (χ2n) is 6.35. The predicted octanol–water partition coefficient (Wildman–Crippen LogP) is 4.78. The Labute approximate surface area is 124 Å². The van der Waals surface area contributed by atoms with Gasteiger partial charge in [-0.05, 0) is 62.7 Å². The van der Waals surface area contributed by atoms with Gasteiger partial charge in [-0.2, -0.15) is 0 Å². The fourth-order valence-corrected chi connectivity index (χ4v) is 3.60. The van der Waals surface area contributed by atoms with Crippen molar-refractivity contribution in [2.75, 3.05) is 13.1 Å². The molecule has 0 spiro atoms. The Bertz CT molecular complexity index is 445. The summed E-state index contributed by atoms with van der Waals surface area (Å²) in [4.78, 5) is 2.72. The number of fused-ring (bicyclic) bond motifs is 1. The van der Waals surface area contributed by atoms with Gasteiger partial charge in [0.1, 0.15) is 0 Å². The molecule has 0 unspecified atom stereocenters. The van der Waals surface area contributed by atoms with E-state index in [2.05, 4.69) is 56.5 Å². The van der Waals surface area contributed by atoms with Crippen LogP contribution in [0.4, 0.5) is 0 Å². The number of likely N-dealkylation sites (tertiary alicyclic amines) is 1. The van der Waals surface area contributed by atoms with E-state index in [9.17, 15) is 0 Å². The summed E-state index contributed by atoms with van der Waals surface area (Å²) in [7, 11) is 0. The van der Waals surface area contributed by atoms with E-state index in [4.69, 9.17) is 0 Å². The van der Waals surface area contributed by atoms with Gasteiger partial charge in [0.15, 0.2) is 0 Å². The topological polar surface area (TPSA) is 3.24 Å². The van der Waals surface area contributed by atoms with Crippen molar-refractivity contribution in [1.29, 1.82) is 0 Å². The summed E-state index contributed by atoms with van der Waals surface area (Å²) >= 11 is 0. The first kappa shape index (κ1) is 15.3. The van der Waals surface area contributed by atoms with Crippen molar-refractivity contribution in [3.63, 3.8) is 0 Å². The molecule has 1 heterocycles. The molecule has 110 valence electrons. The van der Waals surface area contributed by atoms with Crippen molar-refractivity contribution < 1.29 is 0 Å². The molecule has 3 rings (SSSR count). The van der Waals surface area contributed by atoms with Crippen molar-refractivity contribution in [3.8, 4) is 0 Å². The van der Waals surface area contributed by atoms with Crippen LogP contribution < -0.4 is 0 Å². The van der Waals surface area contributed by atoms with Crippen LogP contribution in [-0.2, 0) is 6.42 Å². The molecule has 1 aromatic carbocycles. The normalized spacial score (nSPS) is 28.6. The largest absolute Gasteiger partial charge is 0.297 e. The average Bonchev–Trinajstić information content (AvgIpc) is 3.09. The SMILES string of the molecule is C=CCC.C[C@@H]1c2ccccc2C[C@@]1(C)N1CCCC1. The lowest BCUT2D eigenvalue weighted by Gasteiger charge is -2.39. The van der Waals surface area contributed by atoms with E-state index in [1.807, 2.05) is 6.08 Å². The Balaban J connectivity index is 0.000000328. The molecule has 1 aliphatic heterocycles. The summed E-state index contributed by atoms with van der Waals surface area (Å²) in [6.45, 7) is 13.0. The van der Waals surface area contributed by atoms with Gasteiger partial charge in [0.2, 0.25) is 0 Å². The first-order valence-electron chi connectivity index (χ1n) is 8.07. The van der Waals surface area contributed by atoms with E-state index in [1.165, 1.54) is 32.4 Å². The van der Waals surface area contributed by atoms with E-state index in [0.29, 0.717) is 11.5 Å². The highest BCUT2D eigenvalue weighted by Gasteiger charge is 2.44. The minimum atomic E-state index is 0.375. The van der Waals surface area contributed by atoms with E-state index in [1.54, 1.807) is 11.1 Å². The Kier molecular flexibility index (Phi) is 5.04. The summed E-state index contributed by atoms with van der Waals surface area (Å²) in [5.74, 6) is 0.682. The fraction of sp³-hybridized carbons (Fsp3) is 0.579. The van der Waals surface area contributed by atoms with Gasteiger partial charge in [0, 0.05) is 5.54 Å². The van der Waals surface area contributed by atoms with Crippen LogP contribution in [0, 0.1) is 0 Å². The Morgan fingerprint density at radius 2 is 1.90 bits per heavy atom. The fourth-order valence-electron chi connectivity index (χ4n) is 3.60.